The predicted molar refractivity (Wildman–Crippen MR) is 160 cm³/mol. The minimum Gasteiger partial charge on any atom is -0.494 e. The van der Waals surface area contributed by atoms with Gasteiger partial charge in [0.2, 0.25) is 0 Å². The minimum absolute atomic E-state index is 0.232. The molecule has 1 amide bonds. The molecule has 4 aromatic rings. The maximum absolute atomic E-state index is 13.8. The van der Waals surface area contributed by atoms with Crippen molar-refractivity contribution in [1.82, 2.24) is 4.57 Å². The number of hydrogen-bond donors (Lipinski definition) is 1. The number of aromatic nitrogens is 1. The molecule has 0 unspecified atom stereocenters. The number of carbonyl (C=O) groups excluding carboxylic acids is 2. The number of anilines is 1. The zero-order chi connectivity index (χ0) is 28.1. The molecule has 4 rings (SSSR count). The zero-order valence-corrected chi connectivity index (χ0v) is 24.1. The van der Waals surface area contributed by atoms with Gasteiger partial charge >= 0.3 is 5.97 Å². The van der Waals surface area contributed by atoms with Gasteiger partial charge in [-0.3, -0.25) is 4.79 Å². The summed E-state index contributed by atoms with van der Waals surface area (Å²) in [6, 6.07) is 13.9. The van der Waals surface area contributed by atoms with Crippen molar-refractivity contribution in [2.75, 3.05) is 18.5 Å². The molecule has 204 valence electrons. The van der Waals surface area contributed by atoms with Crippen molar-refractivity contribution in [3.8, 4) is 16.9 Å². The molecular weight excluding hydrogens is 508 g/mol. The molecule has 0 radical (unpaired) electrons. The van der Waals surface area contributed by atoms with Gasteiger partial charge < -0.3 is 19.4 Å². The highest BCUT2D eigenvalue weighted by Gasteiger charge is 2.26. The standard InChI is InChI=1S/C32H36N2O4S/c1-7-16-34-27-15-12-23(20(4)5)18-25(27)21(6)29(34)30(35)33-31-28(32(36)37-9-3)26(19-39-31)22-10-13-24(14-11-22)38-17-8-2/h7,10-15,18-20H,1,8-9,16-17H2,2-6H3,(H,33,35). The van der Waals surface area contributed by atoms with Gasteiger partial charge in [0.05, 0.1) is 13.2 Å². The van der Waals surface area contributed by atoms with Crippen molar-refractivity contribution in [2.45, 2.75) is 53.5 Å². The third-order valence-corrected chi connectivity index (χ3v) is 7.57. The highest BCUT2D eigenvalue weighted by atomic mass is 32.1. The van der Waals surface area contributed by atoms with E-state index in [2.05, 4.69) is 50.9 Å². The van der Waals surface area contributed by atoms with E-state index in [0.29, 0.717) is 40.9 Å². The number of thiophene rings is 1. The van der Waals surface area contributed by atoms with Crippen LogP contribution in [-0.2, 0) is 11.3 Å². The second-order valence-electron chi connectivity index (χ2n) is 9.71. The minimum atomic E-state index is -0.472. The Morgan fingerprint density at radius 1 is 1.13 bits per heavy atom. The van der Waals surface area contributed by atoms with E-state index in [4.69, 9.17) is 9.47 Å². The highest BCUT2D eigenvalue weighted by molar-refractivity contribution is 7.15. The molecule has 0 aliphatic heterocycles. The first kappa shape index (κ1) is 28.2. The van der Waals surface area contributed by atoms with Crippen molar-refractivity contribution in [3.05, 3.63) is 82.9 Å². The Morgan fingerprint density at radius 2 is 1.87 bits per heavy atom. The number of allylic oxidation sites excluding steroid dienone is 1. The van der Waals surface area contributed by atoms with E-state index in [1.165, 1.54) is 16.9 Å². The fourth-order valence-electron chi connectivity index (χ4n) is 4.69. The lowest BCUT2D eigenvalue weighted by Crippen LogP contribution is -2.19. The molecule has 0 aliphatic carbocycles. The van der Waals surface area contributed by atoms with Gasteiger partial charge in [0.1, 0.15) is 22.0 Å². The molecule has 6 nitrogen and oxygen atoms in total. The van der Waals surface area contributed by atoms with E-state index in [0.717, 1.165) is 34.2 Å². The molecule has 39 heavy (non-hydrogen) atoms. The molecule has 2 aromatic carbocycles. The van der Waals surface area contributed by atoms with Crippen LogP contribution in [0.4, 0.5) is 5.00 Å². The number of nitrogens with zero attached hydrogens (tertiary/aromatic N) is 1. The van der Waals surface area contributed by atoms with Gasteiger partial charge in [0.25, 0.3) is 5.91 Å². The molecular formula is C32H36N2O4S. The fourth-order valence-corrected chi connectivity index (χ4v) is 5.64. The number of ether oxygens (including phenoxy) is 2. The predicted octanol–water partition coefficient (Wildman–Crippen LogP) is 8.21. The number of nitrogens with one attached hydrogen (secondary N) is 1. The number of hydrogen-bond acceptors (Lipinski definition) is 5. The molecule has 1 N–H and O–H groups in total. The topological polar surface area (TPSA) is 69.6 Å². The second kappa shape index (κ2) is 12.3. The summed E-state index contributed by atoms with van der Waals surface area (Å²) in [5.41, 5.74) is 5.54. The first-order chi connectivity index (χ1) is 18.8. The smallest absolute Gasteiger partial charge is 0.341 e. The lowest BCUT2D eigenvalue weighted by atomic mass is 10.0. The first-order valence-corrected chi connectivity index (χ1v) is 14.2. The Bertz CT molecular complexity index is 1490. The zero-order valence-electron chi connectivity index (χ0n) is 23.3. The molecule has 0 aliphatic rings. The summed E-state index contributed by atoms with van der Waals surface area (Å²) in [5, 5.41) is 6.41. The summed E-state index contributed by atoms with van der Waals surface area (Å²) in [4.78, 5) is 26.9. The molecule has 0 saturated heterocycles. The number of amides is 1. The molecule has 0 spiro atoms. The second-order valence-corrected chi connectivity index (χ2v) is 10.6. The molecule has 0 atom stereocenters. The number of esters is 1. The third kappa shape index (κ3) is 5.78. The van der Waals surface area contributed by atoms with Gasteiger partial charge in [-0.2, -0.15) is 0 Å². The number of rotatable bonds is 11. The van der Waals surface area contributed by atoms with Crippen molar-refractivity contribution in [2.24, 2.45) is 0 Å². The quantitative estimate of drug-likeness (QED) is 0.153. The van der Waals surface area contributed by atoms with Crippen molar-refractivity contribution < 1.29 is 19.1 Å². The van der Waals surface area contributed by atoms with Crippen LogP contribution in [0.3, 0.4) is 0 Å². The lowest BCUT2D eigenvalue weighted by molar-refractivity contribution is 0.0529. The van der Waals surface area contributed by atoms with Gasteiger partial charge in [-0.1, -0.05) is 45.0 Å². The van der Waals surface area contributed by atoms with Gasteiger partial charge in [0, 0.05) is 28.4 Å². The summed E-state index contributed by atoms with van der Waals surface area (Å²) in [6.45, 7) is 15.4. The summed E-state index contributed by atoms with van der Waals surface area (Å²) >= 11 is 1.31. The van der Waals surface area contributed by atoms with Crippen LogP contribution in [0.2, 0.25) is 0 Å². The van der Waals surface area contributed by atoms with Crippen LogP contribution >= 0.6 is 11.3 Å². The Hall–Kier alpha value is -3.84. The lowest BCUT2D eigenvalue weighted by Gasteiger charge is -2.12. The van der Waals surface area contributed by atoms with Crippen LogP contribution in [0.1, 0.15) is 72.0 Å². The average Bonchev–Trinajstić information content (AvgIpc) is 3.46. The Balaban J connectivity index is 1.74. The van der Waals surface area contributed by atoms with Gasteiger partial charge in [0.15, 0.2) is 0 Å². The summed E-state index contributed by atoms with van der Waals surface area (Å²) in [6.07, 6.45) is 2.71. The van der Waals surface area contributed by atoms with Gasteiger partial charge in [-0.15, -0.1) is 17.9 Å². The molecule has 0 fully saturated rings. The fraction of sp³-hybridized carbons (Fsp3) is 0.312. The number of benzene rings is 2. The first-order valence-electron chi connectivity index (χ1n) is 13.4. The van der Waals surface area contributed by atoms with Crippen LogP contribution in [0.25, 0.3) is 22.0 Å². The van der Waals surface area contributed by atoms with E-state index >= 15 is 0 Å². The van der Waals surface area contributed by atoms with Crippen LogP contribution in [0.5, 0.6) is 5.75 Å². The van der Waals surface area contributed by atoms with Crippen LogP contribution in [-0.4, -0.2) is 29.7 Å². The largest absolute Gasteiger partial charge is 0.494 e. The Morgan fingerprint density at radius 3 is 2.51 bits per heavy atom. The number of carbonyl (C=O) groups is 2. The third-order valence-electron chi connectivity index (χ3n) is 6.67. The summed E-state index contributed by atoms with van der Waals surface area (Å²) in [5.74, 6) is 0.394. The van der Waals surface area contributed by atoms with Crippen molar-refractivity contribution in [3.63, 3.8) is 0 Å². The number of aryl methyl sites for hydroxylation is 1. The van der Waals surface area contributed by atoms with E-state index in [-0.39, 0.29) is 12.5 Å². The summed E-state index contributed by atoms with van der Waals surface area (Å²) in [7, 11) is 0. The van der Waals surface area contributed by atoms with Gasteiger partial charge in [-0.25, -0.2) is 4.79 Å². The maximum atomic E-state index is 13.8. The van der Waals surface area contributed by atoms with E-state index < -0.39 is 5.97 Å². The maximum Gasteiger partial charge on any atom is 0.341 e. The highest BCUT2D eigenvalue weighted by Crippen LogP contribution is 2.38. The Kier molecular flexibility index (Phi) is 8.92. The molecule has 0 saturated carbocycles. The van der Waals surface area contributed by atoms with Crippen LogP contribution in [0, 0.1) is 6.92 Å². The van der Waals surface area contributed by atoms with Crippen LogP contribution in [0.15, 0.2) is 60.5 Å². The number of fused-ring (bicyclic) bond motifs is 1. The molecule has 7 heteroatoms. The monoisotopic (exact) mass is 544 g/mol. The van der Waals surface area contributed by atoms with E-state index in [9.17, 15) is 9.59 Å². The van der Waals surface area contributed by atoms with Crippen molar-refractivity contribution >= 4 is 39.1 Å². The van der Waals surface area contributed by atoms with E-state index in [1.807, 2.05) is 41.1 Å². The van der Waals surface area contributed by atoms with Crippen molar-refractivity contribution in [1.29, 1.82) is 0 Å². The molecule has 2 aromatic heterocycles. The molecule has 0 bridgehead atoms. The average molecular weight is 545 g/mol. The van der Waals surface area contributed by atoms with Crippen LogP contribution < -0.4 is 10.1 Å². The Labute approximate surface area is 234 Å². The van der Waals surface area contributed by atoms with E-state index in [1.54, 1.807) is 13.0 Å². The molecule has 2 heterocycles. The normalized spacial score (nSPS) is 11.1. The van der Waals surface area contributed by atoms with Gasteiger partial charge in [-0.05, 0) is 67.1 Å². The SMILES string of the molecule is C=CCn1c(C(=O)Nc2scc(-c3ccc(OCCC)cc3)c2C(=O)OCC)c(C)c2cc(C(C)C)ccc21. The summed E-state index contributed by atoms with van der Waals surface area (Å²) < 4.78 is 13.1.